The summed E-state index contributed by atoms with van der Waals surface area (Å²) < 4.78 is 22.4. The maximum atomic E-state index is 11.9. The first kappa shape index (κ1) is 12.3. The van der Waals surface area contributed by atoms with Gasteiger partial charge in [-0.05, 0) is 12.1 Å². The van der Waals surface area contributed by atoms with Crippen LogP contribution in [0.15, 0.2) is 12.1 Å². The number of nitrogens with zero attached hydrogens (tertiary/aromatic N) is 3. The van der Waals surface area contributed by atoms with Gasteiger partial charge in [-0.15, -0.1) is 10.2 Å². The predicted octanol–water partition coefficient (Wildman–Crippen LogP) is 0.000600. The quantitative estimate of drug-likeness (QED) is 0.721. The van der Waals surface area contributed by atoms with Crippen LogP contribution in [0.3, 0.4) is 0 Å². The van der Waals surface area contributed by atoms with E-state index in [9.17, 15) is 13.2 Å². The van der Waals surface area contributed by atoms with E-state index in [-0.39, 0.29) is 41.3 Å². The van der Waals surface area contributed by atoms with Crippen LogP contribution in [0.25, 0.3) is 0 Å². The zero-order chi connectivity index (χ0) is 12.5. The molecule has 0 spiro atoms. The normalized spacial score (nSPS) is 19.0. The molecule has 0 radical (unpaired) electrons. The molecule has 0 unspecified atom stereocenters. The van der Waals surface area contributed by atoms with Gasteiger partial charge in [-0.2, -0.15) is 0 Å². The minimum atomic E-state index is -2.99. The molecule has 8 heteroatoms. The van der Waals surface area contributed by atoms with Gasteiger partial charge in [0.2, 0.25) is 0 Å². The summed E-state index contributed by atoms with van der Waals surface area (Å²) in [7, 11) is -2.99. The van der Waals surface area contributed by atoms with Gasteiger partial charge in [-0.3, -0.25) is 4.79 Å². The molecule has 2 heterocycles. The molecule has 92 valence electrons. The lowest BCUT2D eigenvalue weighted by Gasteiger charge is -2.26. The number of hydrogen-bond acceptors (Lipinski definition) is 5. The van der Waals surface area contributed by atoms with Gasteiger partial charge >= 0.3 is 0 Å². The Labute approximate surface area is 104 Å². The Morgan fingerprint density at radius 1 is 1.24 bits per heavy atom. The minimum Gasteiger partial charge on any atom is -0.335 e. The third-order valence-electron chi connectivity index (χ3n) is 2.48. The van der Waals surface area contributed by atoms with E-state index in [1.165, 1.54) is 17.0 Å². The van der Waals surface area contributed by atoms with Crippen molar-refractivity contribution in [3.8, 4) is 0 Å². The van der Waals surface area contributed by atoms with E-state index in [0.717, 1.165) is 0 Å². The molecule has 6 nitrogen and oxygen atoms in total. The average molecular weight is 276 g/mol. The van der Waals surface area contributed by atoms with Crippen molar-refractivity contribution in [3.63, 3.8) is 0 Å². The van der Waals surface area contributed by atoms with Gasteiger partial charge in [0.1, 0.15) is 0 Å². The monoisotopic (exact) mass is 275 g/mol. The summed E-state index contributed by atoms with van der Waals surface area (Å²) in [6, 6.07) is 2.95. The van der Waals surface area contributed by atoms with Crippen molar-refractivity contribution in [3.05, 3.63) is 23.0 Å². The summed E-state index contributed by atoms with van der Waals surface area (Å²) in [5.74, 6) is -0.316. The van der Waals surface area contributed by atoms with Crippen LogP contribution >= 0.6 is 11.6 Å². The third-order valence-corrected chi connectivity index (χ3v) is 4.29. The van der Waals surface area contributed by atoms with Gasteiger partial charge in [0.05, 0.1) is 11.5 Å². The summed E-state index contributed by atoms with van der Waals surface area (Å²) in [6.07, 6.45) is 0. The van der Waals surface area contributed by atoms with Gasteiger partial charge in [-0.25, -0.2) is 8.42 Å². The lowest BCUT2D eigenvalue weighted by molar-refractivity contribution is 0.0763. The fraction of sp³-hybridized carbons (Fsp3) is 0.444. The van der Waals surface area contributed by atoms with E-state index in [1.54, 1.807) is 0 Å². The highest BCUT2D eigenvalue weighted by atomic mass is 35.5. The molecule has 1 saturated heterocycles. The smallest absolute Gasteiger partial charge is 0.274 e. The summed E-state index contributed by atoms with van der Waals surface area (Å²) in [5, 5.41) is 7.45. The number of rotatable bonds is 1. The maximum Gasteiger partial charge on any atom is 0.274 e. The third kappa shape index (κ3) is 2.92. The van der Waals surface area contributed by atoms with Crippen molar-refractivity contribution >= 4 is 27.3 Å². The molecule has 0 saturated carbocycles. The van der Waals surface area contributed by atoms with Gasteiger partial charge in [-0.1, -0.05) is 11.6 Å². The Hall–Kier alpha value is -1.21. The lowest BCUT2D eigenvalue weighted by Crippen LogP contribution is -2.44. The van der Waals surface area contributed by atoms with E-state index in [4.69, 9.17) is 11.6 Å². The maximum absolute atomic E-state index is 11.9. The van der Waals surface area contributed by atoms with Crippen molar-refractivity contribution in [2.45, 2.75) is 0 Å². The molecule has 1 fully saturated rings. The van der Waals surface area contributed by atoms with E-state index in [1.807, 2.05) is 0 Å². The number of carbonyl (C=O) groups excluding carboxylic acids is 1. The molecule has 0 aliphatic carbocycles. The molecule has 1 aliphatic rings. The summed E-state index contributed by atoms with van der Waals surface area (Å²) in [4.78, 5) is 13.4. The van der Waals surface area contributed by atoms with Crippen LogP contribution in [0, 0.1) is 0 Å². The van der Waals surface area contributed by atoms with Gasteiger partial charge < -0.3 is 4.90 Å². The lowest BCUT2D eigenvalue weighted by atomic mass is 10.3. The molecular weight excluding hydrogens is 266 g/mol. The van der Waals surface area contributed by atoms with Gasteiger partial charge in [0.15, 0.2) is 20.7 Å². The number of aromatic nitrogens is 2. The number of hydrogen-bond donors (Lipinski definition) is 0. The fourth-order valence-corrected chi connectivity index (χ4v) is 2.81. The molecule has 0 N–H and O–H groups in total. The highest BCUT2D eigenvalue weighted by Crippen LogP contribution is 2.09. The van der Waals surface area contributed by atoms with Crippen molar-refractivity contribution in [1.82, 2.24) is 15.1 Å². The van der Waals surface area contributed by atoms with Gasteiger partial charge in [0, 0.05) is 13.1 Å². The van der Waals surface area contributed by atoms with Crippen molar-refractivity contribution in [1.29, 1.82) is 0 Å². The first-order valence-electron chi connectivity index (χ1n) is 4.97. The van der Waals surface area contributed by atoms with Crippen LogP contribution in [0.4, 0.5) is 0 Å². The Morgan fingerprint density at radius 2 is 1.88 bits per heavy atom. The number of halogens is 1. The summed E-state index contributed by atoms with van der Waals surface area (Å²) >= 11 is 5.56. The van der Waals surface area contributed by atoms with Crippen molar-refractivity contribution < 1.29 is 13.2 Å². The van der Waals surface area contributed by atoms with Crippen LogP contribution in [0.5, 0.6) is 0 Å². The Balaban J connectivity index is 2.09. The number of carbonyl (C=O) groups is 1. The Morgan fingerprint density at radius 3 is 2.41 bits per heavy atom. The van der Waals surface area contributed by atoms with Crippen molar-refractivity contribution in [2.24, 2.45) is 0 Å². The topological polar surface area (TPSA) is 80.2 Å². The molecule has 1 aliphatic heterocycles. The zero-order valence-corrected chi connectivity index (χ0v) is 10.4. The second-order valence-electron chi connectivity index (χ2n) is 3.69. The molecule has 0 atom stereocenters. The highest BCUT2D eigenvalue weighted by molar-refractivity contribution is 7.91. The second kappa shape index (κ2) is 4.58. The standard InChI is InChI=1S/C9H10ClN3O3S/c10-8-2-1-7(11-12-8)9(14)13-3-5-17(15,16)6-4-13/h1-2H,3-6H2. The van der Waals surface area contributed by atoms with E-state index < -0.39 is 9.84 Å². The minimum absolute atomic E-state index is 0.000240. The van der Waals surface area contributed by atoms with Crippen LogP contribution in [-0.4, -0.2) is 54.0 Å². The molecule has 0 aromatic carbocycles. The fourth-order valence-electron chi connectivity index (χ4n) is 1.51. The predicted molar refractivity (Wildman–Crippen MR) is 61.6 cm³/mol. The molecule has 0 bridgehead atoms. The van der Waals surface area contributed by atoms with E-state index in [0.29, 0.717) is 0 Å². The Kier molecular flexibility index (Phi) is 3.30. The highest BCUT2D eigenvalue weighted by Gasteiger charge is 2.26. The zero-order valence-electron chi connectivity index (χ0n) is 8.84. The average Bonchev–Trinajstić information content (AvgIpc) is 2.29. The summed E-state index contributed by atoms with van der Waals surface area (Å²) in [5.41, 5.74) is 0.175. The molecule has 1 aromatic rings. The molecular formula is C9H10ClN3O3S. The first-order chi connectivity index (χ1) is 7.98. The van der Waals surface area contributed by atoms with Crippen molar-refractivity contribution in [2.75, 3.05) is 24.6 Å². The molecule has 1 aromatic heterocycles. The van der Waals surface area contributed by atoms with E-state index in [2.05, 4.69) is 10.2 Å². The van der Waals surface area contributed by atoms with E-state index >= 15 is 0 Å². The second-order valence-corrected chi connectivity index (χ2v) is 6.38. The first-order valence-corrected chi connectivity index (χ1v) is 7.17. The largest absolute Gasteiger partial charge is 0.335 e. The SMILES string of the molecule is O=C(c1ccc(Cl)nn1)N1CCS(=O)(=O)CC1. The molecule has 1 amide bonds. The molecule has 2 rings (SSSR count). The van der Waals surface area contributed by atoms with Crippen LogP contribution in [0.2, 0.25) is 5.15 Å². The number of amides is 1. The number of sulfone groups is 1. The van der Waals surface area contributed by atoms with Gasteiger partial charge in [0.25, 0.3) is 5.91 Å². The van der Waals surface area contributed by atoms with Crippen LogP contribution in [-0.2, 0) is 9.84 Å². The summed E-state index contributed by atoms with van der Waals surface area (Å²) in [6.45, 7) is 0.400. The molecule has 17 heavy (non-hydrogen) atoms. The Bertz CT molecular complexity index is 515. The van der Waals surface area contributed by atoms with Crippen LogP contribution in [0.1, 0.15) is 10.5 Å². The van der Waals surface area contributed by atoms with Crippen LogP contribution < -0.4 is 0 Å².